The molecule has 5 nitrogen and oxygen atoms in total. The normalized spacial score (nSPS) is 11.6. The van der Waals surface area contributed by atoms with E-state index >= 15 is 0 Å². The highest BCUT2D eigenvalue weighted by atomic mass is 16.5. The molecule has 172 valence electrons. The molecular formula is C28H31NO4. The van der Waals surface area contributed by atoms with Gasteiger partial charge in [0, 0.05) is 24.7 Å². The molecule has 0 aliphatic carbocycles. The van der Waals surface area contributed by atoms with Crippen molar-refractivity contribution in [3.05, 3.63) is 95.6 Å². The summed E-state index contributed by atoms with van der Waals surface area (Å²) in [5.74, 6) is 0.329. The quantitative estimate of drug-likeness (QED) is 0.300. The van der Waals surface area contributed by atoms with Crippen LogP contribution in [0.4, 0.5) is 5.69 Å². The Labute approximate surface area is 196 Å². The van der Waals surface area contributed by atoms with Crippen molar-refractivity contribution >= 4 is 17.9 Å². The summed E-state index contributed by atoms with van der Waals surface area (Å²) in [7, 11) is 1.86. The first-order valence-electron chi connectivity index (χ1n) is 11.2. The van der Waals surface area contributed by atoms with E-state index in [9.17, 15) is 9.59 Å². The molecule has 0 unspecified atom stereocenters. The molecule has 0 saturated carbocycles. The second-order valence-corrected chi connectivity index (χ2v) is 8.29. The van der Waals surface area contributed by atoms with Gasteiger partial charge in [0.2, 0.25) is 0 Å². The van der Waals surface area contributed by atoms with Gasteiger partial charge in [-0.05, 0) is 29.2 Å². The van der Waals surface area contributed by atoms with E-state index in [-0.39, 0.29) is 24.9 Å². The molecule has 0 aliphatic heterocycles. The van der Waals surface area contributed by atoms with E-state index in [1.807, 2.05) is 105 Å². The Balaban J connectivity index is 1.81. The topological polar surface area (TPSA) is 55.8 Å². The van der Waals surface area contributed by atoms with Crippen molar-refractivity contribution in [3.63, 3.8) is 0 Å². The Kier molecular flexibility index (Phi) is 8.64. The van der Waals surface area contributed by atoms with Gasteiger partial charge in [-0.2, -0.15) is 0 Å². The van der Waals surface area contributed by atoms with Crippen LogP contribution in [0, 0.1) is 5.92 Å². The minimum atomic E-state index is -0.511. The molecule has 0 radical (unpaired) electrons. The second-order valence-electron chi connectivity index (χ2n) is 8.29. The van der Waals surface area contributed by atoms with Crippen LogP contribution in [0.15, 0.2) is 78.9 Å². The Morgan fingerprint density at radius 1 is 0.879 bits per heavy atom. The van der Waals surface area contributed by atoms with E-state index in [2.05, 4.69) is 0 Å². The SMILES string of the molecule is CC(C)[C@@H](C(=O)OCc1ccccc1)N(C)c1cccc(OCc2ccccc2)c1CC=O. The summed E-state index contributed by atoms with van der Waals surface area (Å²) in [4.78, 5) is 26.5. The van der Waals surface area contributed by atoms with Crippen molar-refractivity contribution in [2.24, 2.45) is 5.92 Å². The van der Waals surface area contributed by atoms with Crippen molar-refractivity contribution in [1.82, 2.24) is 0 Å². The molecule has 0 amide bonds. The number of esters is 1. The third kappa shape index (κ3) is 6.45. The highest BCUT2D eigenvalue weighted by molar-refractivity contribution is 5.81. The van der Waals surface area contributed by atoms with Crippen LogP contribution < -0.4 is 9.64 Å². The molecule has 0 bridgehead atoms. The lowest BCUT2D eigenvalue weighted by atomic mass is 10.00. The Bertz CT molecular complexity index is 1030. The molecule has 0 saturated heterocycles. The van der Waals surface area contributed by atoms with E-state index in [0.29, 0.717) is 12.4 Å². The zero-order valence-corrected chi connectivity index (χ0v) is 19.4. The predicted molar refractivity (Wildman–Crippen MR) is 130 cm³/mol. The molecule has 0 heterocycles. The fourth-order valence-corrected chi connectivity index (χ4v) is 3.88. The first kappa shape index (κ1) is 24.1. The van der Waals surface area contributed by atoms with Gasteiger partial charge in [0.25, 0.3) is 0 Å². The van der Waals surface area contributed by atoms with Crippen molar-refractivity contribution in [1.29, 1.82) is 0 Å². The van der Waals surface area contributed by atoms with Crippen LogP contribution in [0.3, 0.4) is 0 Å². The molecule has 5 heteroatoms. The fraction of sp³-hybridized carbons (Fsp3) is 0.286. The van der Waals surface area contributed by atoms with Crippen molar-refractivity contribution in [3.8, 4) is 5.75 Å². The monoisotopic (exact) mass is 445 g/mol. The number of rotatable bonds is 11. The summed E-state index contributed by atoms with van der Waals surface area (Å²) < 4.78 is 11.7. The summed E-state index contributed by atoms with van der Waals surface area (Å²) >= 11 is 0. The van der Waals surface area contributed by atoms with E-state index < -0.39 is 6.04 Å². The maximum absolute atomic E-state index is 13.1. The fourth-order valence-electron chi connectivity index (χ4n) is 3.88. The van der Waals surface area contributed by atoms with Crippen molar-refractivity contribution in [2.45, 2.75) is 39.5 Å². The average molecular weight is 446 g/mol. The number of nitrogens with zero attached hydrogens (tertiary/aromatic N) is 1. The maximum atomic E-state index is 13.1. The van der Waals surface area contributed by atoms with Crippen molar-refractivity contribution in [2.75, 3.05) is 11.9 Å². The van der Waals surface area contributed by atoms with Gasteiger partial charge in [-0.3, -0.25) is 0 Å². The minimum Gasteiger partial charge on any atom is -0.489 e. The van der Waals surface area contributed by atoms with Gasteiger partial charge >= 0.3 is 5.97 Å². The zero-order chi connectivity index (χ0) is 23.6. The van der Waals surface area contributed by atoms with E-state index in [1.165, 1.54) is 0 Å². The number of benzene rings is 3. The third-order valence-electron chi connectivity index (χ3n) is 5.53. The third-order valence-corrected chi connectivity index (χ3v) is 5.53. The predicted octanol–water partition coefficient (Wildman–Crippen LogP) is 5.21. The van der Waals surface area contributed by atoms with E-state index in [0.717, 1.165) is 28.7 Å². The lowest BCUT2D eigenvalue weighted by molar-refractivity contribution is -0.147. The van der Waals surface area contributed by atoms with Gasteiger partial charge in [0.15, 0.2) is 0 Å². The molecule has 3 aromatic rings. The van der Waals surface area contributed by atoms with Crippen LogP contribution in [0.1, 0.15) is 30.5 Å². The molecule has 3 rings (SSSR count). The van der Waals surface area contributed by atoms with Gasteiger partial charge in [-0.15, -0.1) is 0 Å². The number of hydrogen-bond acceptors (Lipinski definition) is 5. The van der Waals surface area contributed by atoms with Crippen LogP contribution in [-0.2, 0) is 34.0 Å². The standard InChI is InChI=1S/C28H31NO4/c1-21(2)27(28(31)33-20-23-13-8-5-9-14-23)29(3)25-15-10-16-26(24(25)17-18-30)32-19-22-11-6-4-7-12-22/h4-16,18,21,27H,17,19-20H2,1-3H3/t27-/m0/s1. The van der Waals surface area contributed by atoms with E-state index in [4.69, 9.17) is 9.47 Å². The van der Waals surface area contributed by atoms with Gasteiger partial charge in [-0.1, -0.05) is 80.6 Å². The number of carbonyl (C=O) groups is 2. The zero-order valence-electron chi connectivity index (χ0n) is 19.4. The number of aldehydes is 1. The highest BCUT2D eigenvalue weighted by Gasteiger charge is 2.30. The molecule has 1 atom stereocenters. The Hall–Kier alpha value is -3.60. The summed E-state index contributed by atoms with van der Waals surface area (Å²) in [6.07, 6.45) is 1.05. The maximum Gasteiger partial charge on any atom is 0.329 e. The molecule has 0 aromatic heterocycles. The van der Waals surface area contributed by atoms with E-state index in [1.54, 1.807) is 0 Å². The molecular weight excluding hydrogens is 414 g/mol. The molecule has 0 N–H and O–H groups in total. The van der Waals surface area contributed by atoms with Crippen molar-refractivity contribution < 1.29 is 19.1 Å². The van der Waals surface area contributed by atoms with Gasteiger partial charge in [-0.25, -0.2) is 4.79 Å². The number of likely N-dealkylation sites (N-methyl/N-ethyl adjacent to an activating group) is 1. The highest BCUT2D eigenvalue weighted by Crippen LogP contribution is 2.32. The lowest BCUT2D eigenvalue weighted by Crippen LogP contribution is -2.44. The van der Waals surface area contributed by atoms with Crippen LogP contribution in [-0.4, -0.2) is 25.3 Å². The van der Waals surface area contributed by atoms with Crippen LogP contribution >= 0.6 is 0 Å². The smallest absolute Gasteiger partial charge is 0.329 e. The van der Waals surface area contributed by atoms with Crippen LogP contribution in [0.25, 0.3) is 0 Å². The molecule has 0 fully saturated rings. The molecule has 0 aliphatic rings. The second kappa shape index (κ2) is 11.9. The first-order chi connectivity index (χ1) is 16.0. The van der Waals surface area contributed by atoms with Gasteiger partial charge in [0.05, 0.1) is 0 Å². The summed E-state index contributed by atoms with van der Waals surface area (Å²) in [6.45, 7) is 4.59. The Morgan fingerprint density at radius 2 is 1.48 bits per heavy atom. The molecule has 3 aromatic carbocycles. The summed E-state index contributed by atoms with van der Waals surface area (Å²) in [5, 5.41) is 0. The molecule has 33 heavy (non-hydrogen) atoms. The number of ether oxygens (including phenoxy) is 2. The van der Waals surface area contributed by atoms with Crippen LogP contribution in [0.5, 0.6) is 5.75 Å². The molecule has 0 spiro atoms. The lowest BCUT2D eigenvalue weighted by Gasteiger charge is -2.33. The number of carbonyl (C=O) groups excluding carboxylic acids is 2. The van der Waals surface area contributed by atoms with Crippen LogP contribution in [0.2, 0.25) is 0 Å². The van der Waals surface area contributed by atoms with Gasteiger partial charge in [0.1, 0.15) is 31.3 Å². The summed E-state index contributed by atoms with van der Waals surface area (Å²) in [6, 6.07) is 24.6. The average Bonchev–Trinajstić information content (AvgIpc) is 2.83. The first-order valence-corrected chi connectivity index (χ1v) is 11.2. The minimum absolute atomic E-state index is 0.00347. The number of anilines is 1. The largest absolute Gasteiger partial charge is 0.489 e. The number of hydrogen-bond donors (Lipinski definition) is 0. The van der Waals surface area contributed by atoms with Gasteiger partial charge < -0.3 is 19.2 Å². The summed E-state index contributed by atoms with van der Waals surface area (Å²) in [5.41, 5.74) is 3.52. The Morgan fingerprint density at radius 3 is 2.06 bits per heavy atom.